The third kappa shape index (κ3) is 5.08. The van der Waals surface area contributed by atoms with E-state index in [2.05, 4.69) is 5.32 Å². The van der Waals surface area contributed by atoms with Crippen molar-refractivity contribution in [3.05, 3.63) is 65.2 Å². The Bertz CT molecular complexity index is 751. The maximum absolute atomic E-state index is 12.2. The average molecular weight is 339 g/mol. The van der Waals surface area contributed by atoms with E-state index >= 15 is 0 Å². The highest BCUT2D eigenvalue weighted by Crippen LogP contribution is 2.29. The van der Waals surface area contributed by atoms with E-state index in [0.717, 1.165) is 17.9 Å². The van der Waals surface area contributed by atoms with Crippen molar-refractivity contribution in [3.63, 3.8) is 0 Å². The first-order valence-corrected chi connectivity index (χ1v) is 8.45. The van der Waals surface area contributed by atoms with Gasteiger partial charge in [0.15, 0.2) is 0 Å². The van der Waals surface area contributed by atoms with Gasteiger partial charge < -0.3 is 15.2 Å². The third-order valence-corrected chi connectivity index (χ3v) is 4.17. The lowest BCUT2D eigenvalue weighted by molar-refractivity contribution is 0.0696. The molecule has 0 aliphatic heterocycles. The monoisotopic (exact) mass is 339 g/mol. The Hall–Kier alpha value is -2.82. The van der Waals surface area contributed by atoms with E-state index in [-0.39, 0.29) is 11.5 Å². The van der Waals surface area contributed by atoms with Crippen LogP contribution in [0.15, 0.2) is 48.5 Å². The second kappa shape index (κ2) is 7.83. The number of nitrogens with one attached hydrogen (secondary N) is 1. The number of carbonyl (C=O) groups is 2. The summed E-state index contributed by atoms with van der Waals surface area (Å²) >= 11 is 0. The standard InChI is InChI=1S/C20H21NO4/c22-19(16-6-8-18(9-7-16)25-13-15-4-5-15)21-11-10-14-2-1-3-17(12-14)20(23)24/h1-3,6-9,12,15H,4-5,10-11,13H2,(H,21,22)(H,23,24). The van der Waals surface area contributed by atoms with Crippen LogP contribution in [0.4, 0.5) is 0 Å². The normalized spacial score (nSPS) is 13.3. The summed E-state index contributed by atoms with van der Waals surface area (Å²) in [6.45, 7) is 1.20. The zero-order chi connectivity index (χ0) is 17.6. The fourth-order valence-electron chi connectivity index (χ4n) is 2.48. The van der Waals surface area contributed by atoms with Crippen LogP contribution in [0.3, 0.4) is 0 Å². The molecule has 1 aliphatic rings. The molecule has 1 amide bonds. The van der Waals surface area contributed by atoms with Gasteiger partial charge in [-0.05, 0) is 67.1 Å². The number of ether oxygens (including phenoxy) is 1. The number of carboxylic acids is 1. The van der Waals surface area contributed by atoms with Crippen LogP contribution in [-0.2, 0) is 6.42 Å². The number of carboxylic acid groups (broad SMARTS) is 1. The molecule has 1 fully saturated rings. The summed E-state index contributed by atoms with van der Waals surface area (Å²) in [7, 11) is 0. The zero-order valence-electron chi connectivity index (χ0n) is 13.9. The second-order valence-corrected chi connectivity index (χ2v) is 6.29. The maximum atomic E-state index is 12.2. The van der Waals surface area contributed by atoms with Gasteiger partial charge in [-0.3, -0.25) is 4.79 Å². The molecule has 0 spiro atoms. The number of hydrogen-bond donors (Lipinski definition) is 2. The van der Waals surface area contributed by atoms with E-state index in [1.807, 2.05) is 18.2 Å². The molecule has 5 heteroatoms. The topological polar surface area (TPSA) is 75.6 Å². The Labute approximate surface area is 146 Å². The number of benzene rings is 2. The average Bonchev–Trinajstić information content (AvgIpc) is 3.45. The smallest absolute Gasteiger partial charge is 0.335 e. The van der Waals surface area contributed by atoms with Crippen LogP contribution in [0, 0.1) is 5.92 Å². The van der Waals surface area contributed by atoms with Crippen molar-refractivity contribution >= 4 is 11.9 Å². The van der Waals surface area contributed by atoms with Crippen molar-refractivity contribution in [2.24, 2.45) is 5.92 Å². The molecule has 1 aliphatic carbocycles. The highest BCUT2D eigenvalue weighted by molar-refractivity contribution is 5.94. The molecule has 0 radical (unpaired) electrons. The van der Waals surface area contributed by atoms with Gasteiger partial charge in [-0.2, -0.15) is 0 Å². The molecule has 5 nitrogen and oxygen atoms in total. The van der Waals surface area contributed by atoms with Crippen molar-refractivity contribution < 1.29 is 19.4 Å². The molecule has 0 aromatic heterocycles. The Morgan fingerprint density at radius 2 is 1.84 bits per heavy atom. The minimum absolute atomic E-state index is 0.150. The minimum atomic E-state index is -0.949. The molecule has 0 atom stereocenters. The fourth-order valence-corrected chi connectivity index (χ4v) is 2.48. The third-order valence-electron chi connectivity index (χ3n) is 4.17. The lowest BCUT2D eigenvalue weighted by Gasteiger charge is -2.08. The van der Waals surface area contributed by atoms with Gasteiger partial charge in [0.05, 0.1) is 12.2 Å². The Balaban J connectivity index is 1.46. The summed E-state index contributed by atoms with van der Waals surface area (Å²) in [6.07, 6.45) is 3.07. The summed E-state index contributed by atoms with van der Waals surface area (Å²) in [5.74, 6) is 0.384. The lowest BCUT2D eigenvalue weighted by atomic mass is 10.1. The second-order valence-electron chi connectivity index (χ2n) is 6.29. The van der Waals surface area contributed by atoms with Crippen molar-refractivity contribution in [3.8, 4) is 5.75 Å². The Morgan fingerprint density at radius 3 is 2.52 bits per heavy atom. The Morgan fingerprint density at radius 1 is 1.08 bits per heavy atom. The molecule has 3 rings (SSSR count). The summed E-state index contributed by atoms with van der Waals surface area (Å²) in [5.41, 5.74) is 1.72. The Kier molecular flexibility index (Phi) is 5.33. The van der Waals surface area contributed by atoms with Gasteiger partial charge in [-0.1, -0.05) is 12.1 Å². The molecular formula is C20H21NO4. The van der Waals surface area contributed by atoms with Crippen LogP contribution < -0.4 is 10.1 Å². The number of aromatic carboxylic acids is 1. The molecule has 0 saturated heterocycles. The van der Waals surface area contributed by atoms with Gasteiger partial charge in [0.2, 0.25) is 0 Å². The van der Waals surface area contributed by atoms with Gasteiger partial charge in [0, 0.05) is 12.1 Å². The van der Waals surface area contributed by atoms with Gasteiger partial charge in [-0.15, -0.1) is 0 Å². The van der Waals surface area contributed by atoms with E-state index in [1.54, 1.807) is 30.3 Å². The molecule has 0 heterocycles. The predicted octanol–water partition coefficient (Wildman–Crippen LogP) is 3.15. The van der Waals surface area contributed by atoms with E-state index in [1.165, 1.54) is 12.8 Å². The molecule has 2 N–H and O–H groups in total. The quantitative estimate of drug-likeness (QED) is 0.775. The number of rotatable bonds is 8. The van der Waals surface area contributed by atoms with Gasteiger partial charge in [0.1, 0.15) is 5.75 Å². The van der Waals surface area contributed by atoms with Crippen LogP contribution in [0.1, 0.15) is 39.1 Å². The molecule has 2 aromatic rings. The van der Waals surface area contributed by atoms with E-state index in [0.29, 0.717) is 24.4 Å². The molecule has 0 unspecified atom stereocenters. The van der Waals surface area contributed by atoms with Crippen LogP contribution in [-0.4, -0.2) is 30.1 Å². The SMILES string of the molecule is O=C(O)c1cccc(CCNC(=O)c2ccc(OCC3CC3)cc2)c1. The van der Waals surface area contributed by atoms with E-state index < -0.39 is 5.97 Å². The lowest BCUT2D eigenvalue weighted by Crippen LogP contribution is -2.25. The fraction of sp³-hybridized carbons (Fsp3) is 0.300. The highest BCUT2D eigenvalue weighted by atomic mass is 16.5. The first-order valence-electron chi connectivity index (χ1n) is 8.45. The summed E-state index contributed by atoms with van der Waals surface area (Å²) in [4.78, 5) is 23.1. The zero-order valence-corrected chi connectivity index (χ0v) is 13.9. The molecule has 25 heavy (non-hydrogen) atoms. The predicted molar refractivity (Wildman–Crippen MR) is 94.1 cm³/mol. The van der Waals surface area contributed by atoms with Gasteiger partial charge >= 0.3 is 5.97 Å². The van der Waals surface area contributed by atoms with Crippen molar-refractivity contribution in [2.45, 2.75) is 19.3 Å². The first-order chi connectivity index (χ1) is 12.1. The van der Waals surface area contributed by atoms with Crippen LogP contribution in [0.25, 0.3) is 0 Å². The maximum Gasteiger partial charge on any atom is 0.335 e. The molecule has 2 aromatic carbocycles. The number of amides is 1. The summed E-state index contributed by atoms with van der Waals surface area (Å²) < 4.78 is 5.65. The number of carbonyl (C=O) groups excluding carboxylic acids is 1. The number of hydrogen-bond acceptors (Lipinski definition) is 3. The first kappa shape index (κ1) is 17.0. The van der Waals surface area contributed by atoms with Gasteiger partial charge in [-0.25, -0.2) is 4.79 Å². The molecule has 130 valence electrons. The van der Waals surface area contributed by atoms with E-state index in [9.17, 15) is 9.59 Å². The van der Waals surface area contributed by atoms with Crippen molar-refractivity contribution in [1.29, 1.82) is 0 Å². The highest BCUT2D eigenvalue weighted by Gasteiger charge is 2.21. The molecular weight excluding hydrogens is 318 g/mol. The van der Waals surface area contributed by atoms with Crippen LogP contribution in [0.5, 0.6) is 5.75 Å². The molecule has 1 saturated carbocycles. The van der Waals surface area contributed by atoms with E-state index in [4.69, 9.17) is 9.84 Å². The largest absolute Gasteiger partial charge is 0.493 e. The summed E-state index contributed by atoms with van der Waals surface area (Å²) in [6, 6.07) is 13.9. The minimum Gasteiger partial charge on any atom is -0.493 e. The summed E-state index contributed by atoms with van der Waals surface area (Å²) in [5, 5.41) is 11.8. The van der Waals surface area contributed by atoms with Crippen molar-refractivity contribution in [2.75, 3.05) is 13.2 Å². The van der Waals surface area contributed by atoms with Crippen LogP contribution >= 0.6 is 0 Å². The molecule has 0 bridgehead atoms. The van der Waals surface area contributed by atoms with Gasteiger partial charge in [0.25, 0.3) is 5.91 Å². The van der Waals surface area contributed by atoms with Crippen LogP contribution in [0.2, 0.25) is 0 Å². The van der Waals surface area contributed by atoms with Crippen molar-refractivity contribution in [1.82, 2.24) is 5.32 Å².